The SMILES string of the molecule is CN(C)C(=O)[C@@H](Sc1nc(-c2ccccc2)cn1N)c1ccccc1. The Hall–Kier alpha value is -2.73. The lowest BCUT2D eigenvalue weighted by Gasteiger charge is -2.20. The highest BCUT2D eigenvalue weighted by atomic mass is 32.2. The van der Waals surface area contributed by atoms with Crippen molar-refractivity contribution in [2.24, 2.45) is 0 Å². The van der Waals surface area contributed by atoms with Crippen LogP contribution in [0.4, 0.5) is 0 Å². The molecule has 25 heavy (non-hydrogen) atoms. The molecule has 128 valence electrons. The van der Waals surface area contributed by atoms with Crippen molar-refractivity contribution in [1.29, 1.82) is 0 Å². The third-order valence-corrected chi connectivity index (χ3v) is 4.98. The van der Waals surface area contributed by atoms with Crippen molar-refractivity contribution in [3.05, 3.63) is 72.4 Å². The van der Waals surface area contributed by atoms with Gasteiger partial charge in [-0.3, -0.25) is 4.79 Å². The molecule has 2 N–H and O–H groups in total. The van der Waals surface area contributed by atoms with Crippen LogP contribution in [0.1, 0.15) is 10.8 Å². The monoisotopic (exact) mass is 352 g/mol. The number of nitrogen functional groups attached to an aromatic ring is 1. The van der Waals surface area contributed by atoms with E-state index in [0.29, 0.717) is 5.16 Å². The Morgan fingerprint density at radius 3 is 2.28 bits per heavy atom. The van der Waals surface area contributed by atoms with Crippen LogP contribution in [-0.4, -0.2) is 34.6 Å². The number of nitrogens with zero attached hydrogens (tertiary/aromatic N) is 3. The van der Waals surface area contributed by atoms with Gasteiger partial charge in [0.15, 0.2) is 5.16 Å². The second-order valence-corrected chi connectivity index (χ2v) is 6.90. The summed E-state index contributed by atoms with van der Waals surface area (Å²) in [5, 5.41) is 0.201. The number of aromatic nitrogens is 2. The molecule has 0 saturated heterocycles. The molecular weight excluding hydrogens is 332 g/mol. The minimum Gasteiger partial charge on any atom is -0.348 e. The van der Waals surface area contributed by atoms with E-state index in [4.69, 9.17) is 5.84 Å². The summed E-state index contributed by atoms with van der Waals surface area (Å²) in [6.45, 7) is 0. The first-order valence-corrected chi connectivity index (χ1v) is 8.77. The molecule has 3 aromatic rings. The van der Waals surface area contributed by atoms with Gasteiger partial charge in [0.1, 0.15) is 5.25 Å². The number of amides is 1. The van der Waals surface area contributed by atoms with Gasteiger partial charge in [-0.25, -0.2) is 9.66 Å². The smallest absolute Gasteiger partial charge is 0.240 e. The van der Waals surface area contributed by atoms with Crippen molar-refractivity contribution >= 4 is 17.7 Å². The Kier molecular flexibility index (Phi) is 5.09. The average molecular weight is 352 g/mol. The molecule has 0 fully saturated rings. The summed E-state index contributed by atoms with van der Waals surface area (Å²) in [6, 6.07) is 19.5. The van der Waals surface area contributed by atoms with Crippen LogP contribution < -0.4 is 5.84 Å². The first-order valence-electron chi connectivity index (χ1n) is 7.89. The highest BCUT2D eigenvalue weighted by Crippen LogP contribution is 2.36. The molecule has 0 saturated carbocycles. The largest absolute Gasteiger partial charge is 0.348 e. The Morgan fingerprint density at radius 2 is 1.68 bits per heavy atom. The second kappa shape index (κ2) is 7.44. The van der Waals surface area contributed by atoms with Gasteiger partial charge in [0.05, 0.1) is 11.9 Å². The normalized spacial score (nSPS) is 11.9. The maximum Gasteiger partial charge on any atom is 0.240 e. The fourth-order valence-corrected chi connectivity index (χ4v) is 3.58. The molecule has 0 aliphatic heterocycles. The number of nitrogens with two attached hydrogens (primary N) is 1. The molecule has 0 aliphatic rings. The highest BCUT2D eigenvalue weighted by molar-refractivity contribution is 8.00. The maximum absolute atomic E-state index is 12.7. The zero-order chi connectivity index (χ0) is 17.8. The van der Waals surface area contributed by atoms with E-state index in [0.717, 1.165) is 16.8 Å². The Balaban J connectivity index is 1.92. The van der Waals surface area contributed by atoms with Gasteiger partial charge >= 0.3 is 0 Å². The van der Waals surface area contributed by atoms with Crippen molar-refractivity contribution < 1.29 is 4.79 Å². The van der Waals surface area contributed by atoms with E-state index in [1.54, 1.807) is 25.2 Å². The number of hydrogen-bond donors (Lipinski definition) is 1. The standard InChI is InChI=1S/C19H20N4OS/c1-22(2)18(24)17(15-11-7-4-8-12-15)25-19-21-16(13-23(19)20)14-9-5-3-6-10-14/h3-13,17H,20H2,1-2H3/t17-/m0/s1. The van der Waals surface area contributed by atoms with Crippen LogP contribution in [0.5, 0.6) is 0 Å². The second-order valence-electron chi connectivity index (χ2n) is 5.82. The molecular formula is C19H20N4OS. The molecule has 3 rings (SSSR count). The number of thioether (sulfide) groups is 1. The van der Waals surface area contributed by atoms with Crippen molar-refractivity contribution in [1.82, 2.24) is 14.6 Å². The van der Waals surface area contributed by atoms with Gasteiger partial charge in [-0.15, -0.1) is 0 Å². The van der Waals surface area contributed by atoms with Crippen molar-refractivity contribution in [3.8, 4) is 11.3 Å². The molecule has 0 bridgehead atoms. The summed E-state index contributed by atoms with van der Waals surface area (Å²) in [5.41, 5.74) is 2.70. The van der Waals surface area contributed by atoms with Crippen LogP contribution in [0.2, 0.25) is 0 Å². The quantitative estimate of drug-likeness (QED) is 0.566. The van der Waals surface area contributed by atoms with E-state index in [-0.39, 0.29) is 5.91 Å². The maximum atomic E-state index is 12.7. The molecule has 0 aliphatic carbocycles. The number of imidazole rings is 1. The lowest BCUT2D eigenvalue weighted by atomic mass is 10.1. The van der Waals surface area contributed by atoms with Crippen LogP contribution in [0.15, 0.2) is 72.0 Å². The predicted octanol–water partition coefficient (Wildman–Crippen LogP) is 3.19. The van der Waals surface area contributed by atoms with Gasteiger partial charge < -0.3 is 10.7 Å². The van der Waals surface area contributed by atoms with Crippen molar-refractivity contribution in [2.45, 2.75) is 10.4 Å². The summed E-state index contributed by atoms with van der Waals surface area (Å²) >= 11 is 1.36. The Labute approximate surface area is 151 Å². The molecule has 1 heterocycles. The molecule has 1 atom stereocenters. The predicted molar refractivity (Wildman–Crippen MR) is 102 cm³/mol. The van der Waals surface area contributed by atoms with Crippen LogP contribution in [0, 0.1) is 0 Å². The fraction of sp³-hybridized carbons (Fsp3) is 0.158. The van der Waals surface area contributed by atoms with E-state index >= 15 is 0 Å². The minimum atomic E-state index is -0.399. The number of carbonyl (C=O) groups is 1. The van der Waals surface area contributed by atoms with Crippen LogP contribution >= 0.6 is 11.8 Å². The van der Waals surface area contributed by atoms with Gasteiger partial charge in [-0.1, -0.05) is 72.4 Å². The Morgan fingerprint density at radius 1 is 1.08 bits per heavy atom. The number of carbonyl (C=O) groups excluding carboxylic acids is 1. The van der Waals surface area contributed by atoms with Crippen molar-refractivity contribution in [2.75, 3.05) is 19.9 Å². The average Bonchev–Trinajstić information content (AvgIpc) is 3.01. The lowest BCUT2D eigenvalue weighted by molar-refractivity contribution is -0.128. The molecule has 5 nitrogen and oxygen atoms in total. The summed E-state index contributed by atoms with van der Waals surface area (Å²) in [5.74, 6) is 6.09. The fourth-order valence-electron chi connectivity index (χ4n) is 2.44. The summed E-state index contributed by atoms with van der Waals surface area (Å²) in [6.07, 6.45) is 1.78. The molecule has 0 unspecified atom stereocenters. The summed E-state index contributed by atoms with van der Waals surface area (Å²) in [4.78, 5) is 18.9. The van der Waals surface area contributed by atoms with Gasteiger partial charge in [0.2, 0.25) is 5.91 Å². The van der Waals surface area contributed by atoms with Crippen LogP contribution in [-0.2, 0) is 4.79 Å². The minimum absolute atomic E-state index is 0.000427. The van der Waals surface area contributed by atoms with Crippen LogP contribution in [0.3, 0.4) is 0 Å². The van der Waals surface area contributed by atoms with Gasteiger partial charge in [-0.2, -0.15) is 0 Å². The zero-order valence-electron chi connectivity index (χ0n) is 14.2. The molecule has 0 radical (unpaired) electrons. The van der Waals surface area contributed by atoms with Gasteiger partial charge in [-0.05, 0) is 5.56 Å². The first-order chi connectivity index (χ1) is 12.1. The van der Waals surface area contributed by atoms with Crippen LogP contribution in [0.25, 0.3) is 11.3 Å². The topological polar surface area (TPSA) is 64.2 Å². The molecule has 0 spiro atoms. The number of benzene rings is 2. The zero-order valence-corrected chi connectivity index (χ0v) is 15.0. The molecule has 1 amide bonds. The molecule has 1 aromatic heterocycles. The van der Waals surface area contributed by atoms with E-state index < -0.39 is 5.25 Å². The summed E-state index contributed by atoms with van der Waals surface area (Å²) in [7, 11) is 3.51. The number of likely N-dealkylation sites (N-methyl/N-ethyl adjacent to an activating group) is 1. The van der Waals surface area contributed by atoms with E-state index in [1.807, 2.05) is 60.7 Å². The summed E-state index contributed by atoms with van der Waals surface area (Å²) < 4.78 is 1.48. The van der Waals surface area contributed by atoms with Gasteiger partial charge in [0, 0.05) is 19.7 Å². The van der Waals surface area contributed by atoms with E-state index in [2.05, 4.69) is 4.98 Å². The van der Waals surface area contributed by atoms with Crippen molar-refractivity contribution in [3.63, 3.8) is 0 Å². The number of hydrogen-bond acceptors (Lipinski definition) is 4. The third kappa shape index (κ3) is 3.85. The van der Waals surface area contributed by atoms with E-state index in [9.17, 15) is 4.79 Å². The lowest BCUT2D eigenvalue weighted by Crippen LogP contribution is -2.27. The van der Waals surface area contributed by atoms with E-state index in [1.165, 1.54) is 16.4 Å². The third-order valence-electron chi connectivity index (χ3n) is 3.76. The highest BCUT2D eigenvalue weighted by Gasteiger charge is 2.25. The molecule has 6 heteroatoms. The molecule has 2 aromatic carbocycles. The van der Waals surface area contributed by atoms with Gasteiger partial charge in [0.25, 0.3) is 0 Å². The first kappa shape index (κ1) is 17.1. The number of rotatable bonds is 5. The Bertz CT molecular complexity index is 846.